The minimum atomic E-state index is -0.140. The SMILES string of the molecule is COc1cc(C)c(C)cc1C1=NC(C)(C)CO1. The van der Waals surface area contributed by atoms with Crippen LogP contribution in [0.5, 0.6) is 5.75 Å². The molecular weight excluding hydrogens is 214 g/mol. The lowest BCUT2D eigenvalue weighted by atomic mass is 10.0. The van der Waals surface area contributed by atoms with Crippen LogP contribution in [-0.2, 0) is 4.74 Å². The molecule has 92 valence electrons. The monoisotopic (exact) mass is 233 g/mol. The van der Waals surface area contributed by atoms with E-state index in [2.05, 4.69) is 38.8 Å². The quantitative estimate of drug-likeness (QED) is 0.786. The van der Waals surface area contributed by atoms with E-state index in [1.165, 1.54) is 11.1 Å². The van der Waals surface area contributed by atoms with Crippen molar-refractivity contribution in [2.75, 3.05) is 13.7 Å². The van der Waals surface area contributed by atoms with Crippen LogP contribution in [0, 0.1) is 13.8 Å². The number of nitrogens with zero attached hydrogens (tertiary/aromatic N) is 1. The third-order valence-electron chi connectivity index (χ3n) is 3.01. The van der Waals surface area contributed by atoms with Gasteiger partial charge in [0.1, 0.15) is 12.4 Å². The van der Waals surface area contributed by atoms with Gasteiger partial charge in [-0.05, 0) is 51.0 Å². The zero-order valence-corrected chi connectivity index (χ0v) is 11.1. The highest BCUT2D eigenvalue weighted by Gasteiger charge is 2.28. The molecule has 1 aliphatic rings. The maximum Gasteiger partial charge on any atom is 0.220 e. The van der Waals surface area contributed by atoms with Gasteiger partial charge in [0.2, 0.25) is 5.90 Å². The second kappa shape index (κ2) is 4.06. The second-order valence-electron chi connectivity index (χ2n) is 5.15. The van der Waals surface area contributed by atoms with Gasteiger partial charge in [0.15, 0.2) is 0 Å². The van der Waals surface area contributed by atoms with Crippen LogP contribution in [0.1, 0.15) is 30.5 Å². The summed E-state index contributed by atoms with van der Waals surface area (Å²) in [4.78, 5) is 4.58. The molecule has 0 spiro atoms. The molecule has 3 heteroatoms. The first-order chi connectivity index (χ1) is 7.93. The van der Waals surface area contributed by atoms with Crippen LogP contribution in [0.3, 0.4) is 0 Å². The van der Waals surface area contributed by atoms with E-state index in [9.17, 15) is 0 Å². The molecule has 0 N–H and O–H groups in total. The summed E-state index contributed by atoms with van der Waals surface area (Å²) in [6.07, 6.45) is 0. The number of rotatable bonds is 2. The molecule has 0 bridgehead atoms. The van der Waals surface area contributed by atoms with Gasteiger partial charge in [-0.25, -0.2) is 4.99 Å². The average molecular weight is 233 g/mol. The molecule has 17 heavy (non-hydrogen) atoms. The predicted octanol–water partition coefficient (Wildman–Crippen LogP) is 2.87. The third kappa shape index (κ3) is 2.28. The Morgan fingerprint density at radius 3 is 2.41 bits per heavy atom. The molecule has 0 fully saturated rings. The molecule has 0 atom stereocenters. The van der Waals surface area contributed by atoms with E-state index >= 15 is 0 Å². The van der Waals surface area contributed by atoms with Crippen LogP contribution >= 0.6 is 0 Å². The number of benzene rings is 1. The summed E-state index contributed by atoms with van der Waals surface area (Å²) < 4.78 is 11.1. The second-order valence-corrected chi connectivity index (χ2v) is 5.15. The van der Waals surface area contributed by atoms with Crippen molar-refractivity contribution >= 4 is 5.90 Å². The molecule has 0 amide bonds. The zero-order valence-electron chi connectivity index (χ0n) is 11.1. The average Bonchev–Trinajstić information content (AvgIpc) is 2.62. The first kappa shape index (κ1) is 12.0. The number of methoxy groups -OCH3 is 1. The minimum absolute atomic E-state index is 0.140. The fourth-order valence-corrected chi connectivity index (χ4v) is 1.85. The highest BCUT2D eigenvalue weighted by atomic mass is 16.5. The highest BCUT2D eigenvalue weighted by molar-refractivity contribution is 5.98. The van der Waals surface area contributed by atoms with Crippen molar-refractivity contribution in [2.45, 2.75) is 33.2 Å². The molecule has 1 heterocycles. The van der Waals surface area contributed by atoms with Crippen LogP contribution in [0.2, 0.25) is 0 Å². The van der Waals surface area contributed by atoms with Crippen LogP contribution in [0.4, 0.5) is 0 Å². The number of aryl methyl sites for hydroxylation is 2. The molecule has 3 nitrogen and oxygen atoms in total. The summed E-state index contributed by atoms with van der Waals surface area (Å²) in [6.45, 7) is 8.90. The maximum absolute atomic E-state index is 5.66. The highest BCUT2D eigenvalue weighted by Crippen LogP contribution is 2.28. The third-order valence-corrected chi connectivity index (χ3v) is 3.01. The molecule has 1 aromatic rings. The first-order valence-corrected chi connectivity index (χ1v) is 5.81. The fraction of sp³-hybridized carbons (Fsp3) is 0.500. The van der Waals surface area contributed by atoms with Crippen molar-refractivity contribution in [3.05, 3.63) is 28.8 Å². The Morgan fingerprint density at radius 2 is 1.88 bits per heavy atom. The van der Waals surface area contributed by atoms with Gasteiger partial charge in [0.05, 0.1) is 18.2 Å². The van der Waals surface area contributed by atoms with E-state index in [-0.39, 0.29) is 5.54 Å². The standard InChI is InChI=1S/C14H19NO2/c1-9-6-11(12(16-5)7-10(9)2)13-15-14(3,4)8-17-13/h6-7H,8H2,1-5H3. The summed E-state index contributed by atoms with van der Waals surface area (Å²) >= 11 is 0. The maximum atomic E-state index is 5.66. The molecular formula is C14H19NO2. The lowest BCUT2D eigenvalue weighted by molar-refractivity contribution is 0.278. The summed E-state index contributed by atoms with van der Waals surface area (Å²) in [5.74, 6) is 1.51. The van der Waals surface area contributed by atoms with Crippen molar-refractivity contribution < 1.29 is 9.47 Å². The largest absolute Gasteiger partial charge is 0.496 e. The number of ether oxygens (including phenoxy) is 2. The van der Waals surface area contributed by atoms with Crippen molar-refractivity contribution in [2.24, 2.45) is 4.99 Å². The summed E-state index contributed by atoms with van der Waals surface area (Å²) in [5.41, 5.74) is 3.24. The van der Waals surface area contributed by atoms with Crippen LogP contribution in [-0.4, -0.2) is 25.2 Å². The summed E-state index contributed by atoms with van der Waals surface area (Å²) in [6, 6.07) is 4.11. The molecule has 0 saturated heterocycles. The molecule has 1 aliphatic heterocycles. The van der Waals surface area contributed by atoms with Gasteiger partial charge >= 0.3 is 0 Å². The van der Waals surface area contributed by atoms with E-state index in [4.69, 9.17) is 9.47 Å². The molecule has 0 radical (unpaired) electrons. The molecule has 1 aromatic carbocycles. The van der Waals surface area contributed by atoms with Crippen molar-refractivity contribution in [1.29, 1.82) is 0 Å². The lowest BCUT2D eigenvalue weighted by Gasteiger charge is -2.11. The lowest BCUT2D eigenvalue weighted by Crippen LogP contribution is -2.17. The van der Waals surface area contributed by atoms with Crippen LogP contribution in [0.15, 0.2) is 17.1 Å². The van der Waals surface area contributed by atoms with Gasteiger partial charge < -0.3 is 9.47 Å². The van der Waals surface area contributed by atoms with Gasteiger partial charge in [-0.15, -0.1) is 0 Å². The van der Waals surface area contributed by atoms with E-state index in [0.717, 1.165) is 11.3 Å². The zero-order chi connectivity index (χ0) is 12.6. The summed E-state index contributed by atoms with van der Waals surface area (Å²) in [7, 11) is 1.67. The Labute approximate surface area is 102 Å². The minimum Gasteiger partial charge on any atom is -0.496 e. The normalized spacial score (nSPS) is 17.6. The Hall–Kier alpha value is -1.51. The van der Waals surface area contributed by atoms with E-state index in [0.29, 0.717) is 12.5 Å². The Balaban J connectivity index is 2.49. The molecule has 0 aliphatic carbocycles. The van der Waals surface area contributed by atoms with Crippen molar-refractivity contribution in [1.82, 2.24) is 0 Å². The Morgan fingerprint density at radius 1 is 1.24 bits per heavy atom. The van der Waals surface area contributed by atoms with Gasteiger partial charge in [-0.3, -0.25) is 0 Å². The first-order valence-electron chi connectivity index (χ1n) is 5.81. The molecule has 0 saturated carbocycles. The number of aliphatic imine (C=N–C) groups is 1. The topological polar surface area (TPSA) is 30.8 Å². The smallest absolute Gasteiger partial charge is 0.220 e. The predicted molar refractivity (Wildman–Crippen MR) is 69.0 cm³/mol. The molecule has 0 aromatic heterocycles. The Kier molecular flexibility index (Phi) is 2.86. The van der Waals surface area contributed by atoms with Crippen molar-refractivity contribution in [3.63, 3.8) is 0 Å². The van der Waals surface area contributed by atoms with E-state index < -0.39 is 0 Å². The number of hydrogen-bond acceptors (Lipinski definition) is 3. The van der Waals surface area contributed by atoms with Crippen molar-refractivity contribution in [3.8, 4) is 5.75 Å². The van der Waals surface area contributed by atoms with E-state index in [1.54, 1.807) is 7.11 Å². The van der Waals surface area contributed by atoms with E-state index in [1.807, 2.05) is 6.07 Å². The van der Waals surface area contributed by atoms with Gasteiger partial charge in [0, 0.05) is 0 Å². The fourth-order valence-electron chi connectivity index (χ4n) is 1.85. The van der Waals surface area contributed by atoms with Gasteiger partial charge in [0.25, 0.3) is 0 Å². The Bertz CT molecular complexity index is 475. The number of hydrogen-bond donors (Lipinski definition) is 0. The van der Waals surface area contributed by atoms with Crippen LogP contribution in [0.25, 0.3) is 0 Å². The van der Waals surface area contributed by atoms with Gasteiger partial charge in [-0.2, -0.15) is 0 Å². The summed E-state index contributed by atoms with van der Waals surface area (Å²) in [5, 5.41) is 0. The molecule has 2 rings (SSSR count). The van der Waals surface area contributed by atoms with Gasteiger partial charge in [-0.1, -0.05) is 0 Å². The van der Waals surface area contributed by atoms with Crippen LogP contribution < -0.4 is 4.74 Å². The molecule has 0 unspecified atom stereocenters.